The first-order valence-corrected chi connectivity index (χ1v) is 8.86. The van der Waals surface area contributed by atoms with Crippen molar-refractivity contribution in [2.75, 3.05) is 20.8 Å². The molecule has 2 rings (SSSR count). The number of hydrogen-bond donors (Lipinski definition) is 0. The Morgan fingerprint density at radius 2 is 2.00 bits per heavy atom. The molecule has 0 aromatic heterocycles. The van der Waals surface area contributed by atoms with Crippen molar-refractivity contribution in [1.82, 2.24) is 0 Å². The Kier molecular flexibility index (Phi) is 10.4. The van der Waals surface area contributed by atoms with E-state index < -0.39 is 0 Å². The summed E-state index contributed by atoms with van der Waals surface area (Å²) in [4.78, 5) is 12.4. The molecule has 0 N–H and O–H groups in total. The number of ketones is 1. The first kappa shape index (κ1) is 22.3. The van der Waals surface area contributed by atoms with Gasteiger partial charge in [-0.15, -0.1) is 12.3 Å². The molecule has 2 atom stereocenters. The van der Waals surface area contributed by atoms with E-state index in [9.17, 15) is 4.79 Å². The smallest absolute Gasteiger partial charge is 0.162 e. The molecule has 0 fully saturated rings. The highest BCUT2D eigenvalue weighted by Crippen LogP contribution is 2.20. The largest absolute Gasteiger partial charge is 0.497 e. The highest BCUT2D eigenvalue weighted by molar-refractivity contribution is 5.93. The van der Waals surface area contributed by atoms with Crippen molar-refractivity contribution in [1.29, 1.82) is 0 Å². The van der Waals surface area contributed by atoms with Gasteiger partial charge in [0.1, 0.15) is 11.5 Å². The average Bonchev–Trinajstić information content (AvgIpc) is 2.89. The van der Waals surface area contributed by atoms with E-state index in [1.165, 1.54) is 0 Å². The summed E-state index contributed by atoms with van der Waals surface area (Å²) < 4.78 is 16.0. The predicted molar refractivity (Wildman–Crippen MR) is 109 cm³/mol. The molecule has 2 aliphatic carbocycles. The van der Waals surface area contributed by atoms with Crippen molar-refractivity contribution in [2.45, 2.75) is 26.4 Å². The Morgan fingerprint density at radius 3 is 2.56 bits per heavy atom. The molecule has 2 aliphatic rings. The van der Waals surface area contributed by atoms with Gasteiger partial charge in [-0.2, -0.15) is 0 Å². The van der Waals surface area contributed by atoms with Gasteiger partial charge in [0.2, 0.25) is 0 Å². The van der Waals surface area contributed by atoms with Gasteiger partial charge in [-0.1, -0.05) is 12.2 Å². The Balaban J connectivity index is 0.00000114. The van der Waals surface area contributed by atoms with E-state index in [4.69, 9.17) is 14.2 Å². The predicted octanol–water partition coefficient (Wildman–Crippen LogP) is 4.29. The third-order valence-corrected chi connectivity index (χ3v) is 3.81. The minimum Gasteiger partial charge on any atom is -0.497 e. The van der Waals surface area contributed by atoms with Crippen molar-refractivity contribution in [3.63, 3.8) is 0 Å². The summed E-state index contributed by atoms with van der Waals surface area (Å²) in [6.07, 6.45) is 21.8. The van der Waals surface area contributed by atoms with Gasteiger partial charge in [-0.3, -0.25) is 4.79 Å². The van der Waals surface area contributed by atoms with E-state index in [1.807, 2.05) is 49.5 Å². The Hall–Kier alpha value is -2.77. The fourth-order valence-electron chi connectivity index (χ4n) is 2.46. The topological polar surface area (TPSA) is 44.8 Å². The van der Waals surface area contributed by atoms with Crippen molar-refractivity contribution in [3.8, 4) is 12.3 Å². The molecule has 0 unspecified atom stereocenters. The van der Waals surface area contributed by atoms with Crippen molar-refractivity contribution in [3.05, 3.63) is 71.8 Å². The van der Waals surface area contributed by atoms with Gasteiger partial charge in [-0.25, -0.2) is 0 Å². The summed E-state index contributed by atoms with van der Waals surface area (Å²) >= 11 is 0. The molecule has 4 nitrogen and oxygen atoms in total. The standard InChI is InChI=1S/C20H24O4.C3H4/c1-4-24-17-8-6-16(7-9-17)20(21)12-5-15-13-18(22-2)10-11-19(14-15)23-3;1-3-2/h5-6,8-14,16,18H,4,7H2,1-3H3;1H,2H3/b12-5+;/t16-,18+;/m1./s1. The number of ether oxygens (including phenoxy) is 3. The van der Waals surface area contributed by atoms with Crippen LogP contribution in [0.3, 0.4) is 0 Å². The zero-order valence-electron chi connectivity index (χ0n) is 16.5. The molecular weight excluding hydrogens is 340 g/mol. The summed E-state index contributed by atoms with van der Waals surface area (Å²) in [5.74, 6) is 3.73. The molecule has 0 bridgehead atoms. The van der Waals surface area contributed by atoms with Gasteiger partial charge >= 0.3 is 0 Å². The lowest BCUT2D eigenvalue weighted by Gasteiger charge is -2.13. The van der Waals surface area contributed by atoms with E-state index in [0.717, 1.165) is 17.1 Å². The van der Waals surface area contributed by atoms with Crippen LogP contribution in [-0.2, 0) is 19.0 Å². The van der Waals surface area contributed by atoms with Gasteiger partial charge in [0.05, 0.1) is 19.8 Å². The lowest BCUT2D eigenvalue weighted by atomic mass is 9.95. The van der Waals surface area contributed by atoms with Crippen LogP contribution in [-0.4, -0.2) is 32.7 Å². The summed E-state index contributed by atoms with van der Waals surface area (Å²) in [5.41, 5.74) is 0.877. The molecule has 0 radical (unpaired) electrons. The van der Waals surface area contributed by atoms with E-state index in [2.05, 4.69) is 12.3 Å². The van der Waals surface area contributed by atoms with Gasteiger partial charge in [0.15, 0.2) is 5.78 Å². The first-order valence-electron chi connectivity index (χ1n) is 8.86. The summed E-state index contributed by atoms with van der Waals surface area (Å²) in [5, 5.41) is 0. The van der Waals surface area contributed by atoms with Crippen LogP contribution in [0.4, 0.5) is 0 Å². The van der Waals surface area contributed by atoms with Crippen LogP contribution >= 0.6 is 0 Å². The van der Waals surface area contributed by atoms with Crippen LogP contribution in [0.25, 0.3) is 0 Å². The van der Waals surface area contributed by atoms with Gasteiger partial charge in [-0.05, 0) is 68.4 Å². The molecule has 0 saturated heterocycles. The number of carbonyl (C=O) groups excluding carboxylic acids is 1. The zero-order valence-corrected chi connectivity index (χ0v) is 16.5. The fraction of sp³-hybridized carbons (Fsp3) is 0.348. The molecule has 0 saturated carbocycles. The minimum atomic E-state index is -0.144. The first-order chi connectivity index (χ1) is 13.1. The van der Waals surface area contributed by atoms with Gasteiger partial charge < -0.3 is 14.2 Å². The highest BCUT2D eigenvalue weighted by Gasteiger charge is 2.15. The highest BCUT2D eigenvalue weighted by atomic mass is 16.5. The SMILES string of the molecule is C#CC.CCOC1=CC[C@H](C(=O)/C=C/C2=C[C@@H](OC)C=CC(OC)=C2)C=C1. The van der Waals surface area contributed by atoms with Crippen molar-refractivity contribution < 1.29 is 19.0 Å². The van der Waals surface area contributed by atoms with E-state index in [0.29, 0.717) is 13.0 Å². The van der Waals surface area contributed by atoms with Crippen LogP contribution in [0.5, 0.6) is 0 Å². The molecule has 144 valence electrons. The summed E-state index contributed by atoms with van der Waals surface area (Å²) in [7, 11) is 3.26. The second-order valence-electron chi connectivity index (χ2n) is 5.74. The average molecular weight is 368 g/mol. The molecule has 0 heterocycles. The number of allylic oxidation sites excluding steroid dienone is 8. The Morgan fingerprint density at radius 1 is 1.30 bits per heavy atom. The minimum absolute atomic E-state index is 0.0671. The lowest BCUT2D eigenvalue weighted by molar-refractivity contribution is -0.116. The maximum Gasteiger partial charge on any atom is 0.162 e. The normalized spacial score (nSPS) is 21.1. The van der Waals surface area contributed by atoms with E-state index in [-0.39, 0.29) is 17.8 Å². The maximum atomic E-state index is 12.4. The maximum absolute atomic E-state index is 12.4. The van der Waals surface area contributed by atoms with E-state index >= 15 is 0 Å². The van der Waals surface area contributed by atoms with Crippen LogP contribution in [0, 0.1) is 18.3 Å². The molecule has 0 spiro atoms. The number of carbonyl (C=O) groups is 1. The van der Waals surface area contributed by atoms with E-state index in [1.54, 1.807) is 33.3 Å². The summed E-state index contributed by atoms with van der Waals surface area (Å²) in [6, 6.07) is 0. The molecule has 27 heavy (non-hydrogen) atoms. The molecule has 4 heteroatoms. The van der Waals surface area contributed by atoms with Crippen LogP contribution in [0.15, 0.2) is 71.8 Å². The Labute approximate surface area is 162 Å². The van der Waals surface area contributed by atoms with Crippen molar-refractivity contribution in [2.24, 2.45) is 5.92 Å². The second-order valence-corrected chi connectivity index (χ2v) is 5.74. The molecular formula is C23H28O4. The third kappa shape index (κ3) is 7.98. The quantitative estimate of drug-likeness (QED) is 0.497. The van der Waals surface area contributed by atoms with Crippen LogP contribution < -0.4 is 0 Å². The Bertz CT molecular complexity index is 711. The molecule has 0 aliphatic heterocycles. The van der Waals surface area contributed by atoms with Crippen molar-refractivity contribution >= 4 is 5.78 Å². The number of rotatable bonds is 7. The molecule has 0 aromatic carbocycles. The summed E-state index contributed by atoms with van der Waals surface area (Å²) in [6.45, 7) is 4.23. The number of hydrogen-bond acceptors (Lipinski definition) is 4. The number of terminal acetylenes is 1. The van der Waals surface area contributed by atoms with Gasteiger partial charge in [0.25, 0.3) is 0 Å². The van der Waals surface area contributed by atoms with Crippen LogP contribution in [0.1, 0.15) is 20.3 Å². The second kappa shape index (κ2) is 12.6. The number of methoxy groups -OCH3 is 2. The van der Waals surface area contributed by atoms with Gasteiger partial charge in [0, 0.05) is 13.0 Å². The lowest BCUT2D eigenvalue weighted by Crippen LogP contribution is -2.11. The fourth-order valence-corrected chi connectivity index (χ4v) is 2.46. The van der Waals surface area contributed by atoms with Crippen LogP contribution in [0.2, 0.25) is 0 Å². The third-order valence-electron chi connectivity index (χ3n) is 3.81. The molecule has 0 amide bonds. The monoisotopic (exact) mass is 368 g/mol. The molecule has 0 aromatic rings. The zero-order chi connectivity index (χ0) is 20.1.